The molecule has 0 aromatic heterocycles. The zero-order valence-electron chi connectivity index (χ0n) is 9.84. The molecule has 0 saturated carbocycles. The third-order valence-corrected chi connectivity index (χ3v) is 3.42. The fourth-order valence-corrected chi connectivity index (χ4v) is 1.69. The second-order valence-electron chi connectivity index (χ2n) is 4.91. The predicted molar refractivity (Wildman–Crippen MR) is 59.4 cm³/mol. The summed E-state index contributed by atoms with van der Waals surface area (Å²) in [5, 5.41) is 15.2. The summed E-state index contributed by atoms with van der Waals surface area (Å²) in [5.74, 6) is 0.201. The van der Waals surface area contributed by atoms with Crippen molar-refractivity contribution in [3.63, 3.8) is 0 Å². The van der Waals surface area contributed by atoms with E-state index in [1.165, 1.54) is 0 Å². The van der Waals surface area contributed by atoms with Gasteiger partial charge in [-0.05, 0) is 32.7 Å². The van der Waals surface area contributed by atoms with E-state index in [9.17, 15) is 4.79 Å². The lowest BCUT2D eigenvalue weighted by molar-refractivity contribution is -0.130. The molecule has 1 fully saturated rings. The highest BCUT2D eigenvalue weighted by Gasteiger charge is 2.36. The summed E-state index contributed by atoms with van der Waals surface area (Å²) in [6.45, 7) is 7.62. The van der Waals surface area contributed by atoms with Gasteiger partial charge in [-0.25, -0.2) is 0 Å². The van der Waals surface area contributed by atoms with Crippen molar-refractivity contribution in [3.8, 4) is 0 Å². The number of nitrogens with one attached hydrogen (secondary N) is 2. The molecule has 4 nitrogen and oxygen atoms in total. The molecule has 1 rings (SSSR count). The molecule has 3 N–H and O–H groups in total. The van der Waals surface area contributed by atoms with Crippen molar-refractivity contribution in [2.45, 2.75) is 33.2 Å². The van der Waals surface area contributed by atoms with Gasteiger partial charge in [-0.2, -0.15) is 0 Å². The molecule has 1 aliphatic rings. The van der Waals surface area contributed by atoms with Gasteiger partial charge in [-0.1, -0.05) is 6.92 Å². The summed E-state index contributed by atoms with van der Waals surface area (Å²) in [6.07, 6.45) is 0.888. The van der Waals surface area contributed by atoms with E-state index in [0.29, 0.717) is 0 Å². The molecule has 3 unspecified atom stereocenters. The van der Waals surface area contributed by atoms with Gasteiger partial charge in [0.2, 0.25) is 5.91 Å². The number of aliphatic hydroxyl groups is 1. The second kappa shape index (κ2) is 4.94. The number of carbonyl (C=O) groups excluding carboxylic acids is 1. The first-order valence-corrected chi connectivity index (χ1v) is 5.62. The van der Waals surface area contributed by atoms with Gasteiger partial charge in [0.25, 0.3) is 0 Å². The molecule has 1 heterocycles. The third-order valence-electron chi connectivity index (χ3n) is 3.42. The molecule has 4 heteroatoms. The van der Waals surface area contributed by atoms with Crippen LogP contribution in [-0.4, -0.2) is 36.8 Å². The molecule has 1 aliphatic heterocycles. The number of aliphatic hydroxyl groups excluding tert-OH is 1. The van der Waals surface area contributed by atoms with E-state index in [4.69, 9.17) is 5.11 Å². The van der Waals surface area contributed by atoms with Gasteiger partial charge in [0, 0.05) is 19.2 Å². The molecule has 0 aliphatic carbocycles. The summed E-state index contributed by atoms with van der Waals surface area (Å²) >= 11 is 0. The van der Waals surface area contributed by atoms with E-state index < -0.39 is 0 Å². The SMILES string of the molecule is CC(CO)C(C)NC(=O)C1(C)CCNC1. The minimum Gasteiger partial charge on any atom is -0.396 e. The van der Waals surface area contributed by atoms with Gasteiger partial charge >= 0.3 is 0 Å². The Morgan fingerprint density at radius 1 is 1.60 bits per heavy atom. The Bertz CT molecular complexity index is 225. The Morgan fingerprint density at radius 3 is 2.73 bits per heavy atom. The fourth-order valence-electron chi connectivity index (χ4n) is 1.69. The molecular formula is C11H22N2O2. The summed E-state index contributed by atoms with van der Waals surface area (Å²) < 4.78 is 0. The van der Waals surface area contributed by atoms with E-state index in [2.05, 4.69) is 10.6 Å². The first-order valence-electron chi connectivity index (χ1n) is 5.62. The average molecular weight is 214 g/mol. The molecule has 0 bridgehead atoms. The van der Waals surface area contributed by atoms with Crippen LogP contribution in [0.4, 0.5) is 0 Å². The molecule has 3 atom stereocenters. The topological polar surface area (TPSA) is 61.4 Å². The first-order chi connectivity index (χ1) is 6.99. The van der Waals surface area contributed by atoms with Crippen LogP contribution in [0.3, 0.4) is 0 Å². The van der Waals surface area contributed by atoms with Crippen molar-refractivity contribution in [1.29, 1.82) is 0 Å². The van der Waals surface area contributed by atoms with Crippen LogP contribution in [0.15, 0.2) is 0 Å². The second-order valence-corrected chi connectivity index (χ2v) is 4.91. The molecule has 0 aromatic rings. The summed E-state index contributed by atoms with van der Waals surface area (Å²) in [5.41, 5.74) is -0.274. The van der Waals surface area contributed by atoms with Crippen molar-refractivity contribution >= 4 is 5.91 Å². The van der Waals surface area contributed by atoms with Crippen molar-refractivity contribution in [1.82, 2.24) is 10.6 Å². The van der Waals surface area contributed by atoms with Crippen LogP contribution in [0.25, 0.3) is 0 Å². The zero-order chi connectivity index (χ0) is 11.5. The lowest BCUT2D eigenvalue weighted by Gasteiger charge is -2.26. The minimum absolute atomic E-state index is 0.0277. The smallest absolute Gasteiger partial charge is 0.227 e. The van der Waals surface area contributed by atoms with E-state index in [-0.39, 0.29) is 29.9 Å². The maximum Gasteiger partial charge on any atom is 0.227 e. The summed E-state index contributed by atoms with van der Waals surface area (Å²) in [6, 6.07) is 0.0277. The Balaban J connectivity index is 2.47. The number of carbonyl (C=O) groups is 1. The van der Waals surface area contributed by atoms with Crippen molar-refractivity contribution in [2.24, 2.45) is 11.3 Å². The summed E-state index contributed by atoms with van der Waals surface area (Å²) in [7, 11) is 0. The number of hydrogen-bond acceptors (Lipinski definition) is 3. The highest BCUT2D eigenvalue weighted by Crippen LogP contribution is 2.24. The molecule has 15 heavy (non-hydrogen) atoms. The van der Waals surface area contributed by atoms with Crippen LogP contribution in [0, 0.1) is 11.3 Å². The van der Waals surface area contributed by atoms with Crippen LogP contribution >= 0.6 is 0 Å². The van der Waals surface area contributed by atoms with E-state index in [1.54, 1.807) is 0 Å². The molecule has 0 spiro atoms. The van der Waals surface area contributed by atoms with E-state index >= 15 is 0 Å². The van der Waals surface area contributed by atoms with Gasteiger partial charge in [0.1, 0.15) is 0 Å². The number of amides is 1. The van der Waals surface area contributed by atoms with Gasteiger partial charge in [0.15, 0.2) is 0 Å². The van der Waals surface area contributed by atoms with Crippen LogP contribution in [0.5, 0.6) is 0 Å². The average Bonchev–Trinajstić information content (AvgIpc) is 2.65. The minimum atomic E-state index is -0.274. The monoisotopic (exact) mass is 214 g/mol. The van der Waals surface area contributed by atoms with Crippen molar-refractivity contribution < 1.29 is 9.90 Å². The van der Waals surface area contributed by atoms with Crippen LogP contribution in [0.2, 0.25) is 0 Å². The molecule has 1 saturated heterocycles. The fraction of sp³-hybridized carbons (Fsp3) is 0.909. The maximum atomic E-state index is 12.0. The standard InChI is InChI=1S/C11H22N2O2/c1-8(6-14)9(2)13-10(15)11(3)4-5-12-7-11/h8-9,12,14H,4-7H2,1-3H3,(H,13,15). The highest BCUT2D eigenvalue weighted by atomic mass is 16.3. The Morgan fingerprint density at radius 2 is 2.27 bits per heavy atom. The predicted octanol–water partition coefficient (Wildman–Crippen LogP) is 0.119. The lowest BCUT2D eigenvalue weighted by Crippen LogP contribution is -2.46. The lowest BCUT2D eigenvalue weighted by atomic mass is 9.88. The van der Waals surface area contributed by atoms with Crippen LogP contribution in [0.1, 0.15) is 27.2 Å². The number of rotatable bonds is 4. The van der Waals surface area contributed by atoms with E-state index in [0.717, 1.165) is 19.5 Å². The van der Waals surface area contributed by atoms with E-state index in [1.807, 2.05) is 20.8 Å². The maximum absolute atomic E-state index is 12.0. The zero-order valence-corrected chi connectivity index (χ0v) is 9.84. The van der Waals surface area contributed by atoms with Crippen LogP contribution in [-0.2, 0) is 4.79 Å². The van der Waals surface area contributed by atoms with Crippen LogP contribution < -0.4 is 10.6 Å². The summed E-state index contributed by atoms with van der Waals surface area (Å²) in [4.78, 5) is 12.0. The number of hydrogen-bond donors (Lipinski definition) is 3. The Kier molecular flexibility index (Phi) is 4.11. The Labute approximate surface area is 91.4 Å². The van der Waals surface area contributed by atoms with Crippen molar-refractivity contribution in [3.05, 3.63) is 0 Å². The largest absolute Gasteiger partial charge is 0.396 e. The molecule has 0 radical (unpaired) electrons. The molecular weight excluding hydrogens is 192 g/mol. The van der Waals surface area contributed by atoms with Gasteiger partial charge in [0.05, 0.1) is 5.41 Å². The quantitative estimate of drug-likeness (QED) is 0.623. The molecule has 1 amide bonds. The molecule has 88 valence electrons. The van der Waals surface area contributed by atoms with Gasteiger partial charge < -0.3 is 15.7 Å². The highest BCUT2D eigenvalue weighted by molar-refractivity contribution is 5.83. The van der Waals surface area contributed by atoms with Crippen molar-refractivity contribution in [2.75, 3.05) is 19.7 Å². The molecule has 0 aromatic carbocycles. The normalized spacial score (nSPS) is 29.9. The third kappa shape index (κ3) is 2.92. The Hall–Kier alpha value is -0.610. The first kappa shape index (κ1) is 12.5. The van der Waals surface area contributed by atoms with Gasteiger partial charge in [-0.3, -0.25) is 4.79 Å². The van der Waals surface area contributed by atoms with Gasteiger partial charge in [-0.15, -0.1) is 0 Å².